The molecule has 3 rings (SSSR count). The van der Waals surface area contributed by atoms with Crippen molar-refractivity contribution in [2.24, 2.45) is 7.05 Å². The van der Waals surface area contributed by atoms with Crippen LogP contribution in [-0.2, 0) is 11.8 Å². The van der Waals surface area contributed by atoms with E-state index in [0.717, 1.165) is 5.56 Å². The number of carboxylic acid groups (broad SMARTS) is 1. The van der Waals surface area contributed by atoms with Crippen LogP contribution in [0.1, 0.15) is 23.6 Å². The van der Waals surface area contributed by atoms with Crippen LogP contribution in [0.2, 0.25) is 0 Å². The normalized spacial score (nSPS) is 11.4. The fourth-order valence-corrected chi connectivity index (χ4v) is 3.69. The van der Waals surface area contributed by atoms with E-state index in [1.165, 1.54) is 24.9 Å². The second-order valence-electron chi connectivity index (χ2n) is 7.89. The number of pyridine rings is 1. The number of urea groups is 1. The summed E-state index contributed by atoms with van der Waals surface area (Å²) >= 11 is 0. The smallest absolute Gasteiger partial charge is 0.319 e. The monoisotopic (exact) mass is 481 g/mol. The van der Waals surface area contributed by atoms with E-state index in [2.05, 4.69) is 10.6 Å². The van der Waals surface area contributed by atoms with Crippen LogP contribution in [0.25, 0.3) is 11.1 Å². The molecule has 10 nitrogen and oxygen atoms in total. The molecule has 0 fully saturated rings. The lowest BCUT2D eigenvalue weighted by atomic mass is 9.96. The molecule has 1 aromatic heterocycles. The van der Waals surface area contributed by atoms with Crippen LogP contribution in [0.5, 0.6) is 17.2 Å². The van der Waals surface area contributed by atoms with Crippen molar-refractivity contribution < 1.29 is 29.3 Å². The van der Waals surface area contributed by atoms with Gasteiger partial charge in [-0.3, -0.25) is 9.59 Å². The van der Waals surface area contributed by atoms with E-state index in [1.807, 2.05) is 18.2 Å². The van der Waals surface area contributed by atoms with Gasteiger partial charge in [0.25, 0.3) is 5.56 Å². The number of ether oxygens (including phenoxy) is 2. The molecule has 0 aliphatic rings. The highest BCUT2D eigenvalue weighted by atomic mass is 16.5. The number of amides is 2. The summed E-state index contributed by atoms with van der Waals surface area (Å²) in [5.41, 5.74) is 1.43. The highest BCUT2D eigenvalue weighted by molar-refractivity contribution is 5.91. The molecule has 0 spiro atoms. The Morgan fingerprint density at radius 2 is 1.86 bits per heavy atom. The van der Waals surface area contributed by atoms with E-state index < -0.39 is 30.0 Å². The van der Waals surface area contributed by atoms with Crippen molar-refractivity contribution in [1.82, 2.24) is 9.88 Å². The van der Waals surface area contributed by atoms with E-state index in [9.17, 15) is 24.6 Å². The molecule has 2 amide bonds. The van der Waals surface area contributed by atoms with Crippen molar-refractivity contribution in [3.63, 3.8) is 0 Å². The highest BCUT2D eigenvalue weighted by Gasteiger charge is 2.22. The van der Waals surface area contributed by atoms with Crippen LogP contribution in [0.15, 0.2) is 53.5 Å². The fourth-order valence-electron chi connectivity index (χ4n) is 3.69. The van der Waals surface area contributed by atoms with Gasteiger partial charge in [-0.15, -0.1) is 0 Å². The number of nitrogens with zero attached hydrogens (tertiary/aromatic N) is 1. The quantitative estimate of drug-likeness (QED) is 0.387. The summed E-state index contributed by atoms with van der Waals surface area (Å²) in [4.78, 5) is 36.7. The van der Waals surface area contributed by atoms with Gasteiger partial charge in [0.15, 0.2) is 5.69 Å². The molecule has 3 aromatic rings. The SMILES string of the molecule is COc1cccc(-c2cc(C(CC(=O)O)NC(=O)Nc3c(O)c(C)cn(C)c3=O)ccc2OC)c1. The number of carbonyl (C=O) groups excluding carboxylic acids is 1. The Morgan fingerprint density at radius 3 is 2.51 bits per heavy atom. The van der Waals surface area contributed by atoms with E-state index in [1.54, 1.807) is 38.3 Å². The predicted molar refractivity (Wildman–Crippen MR) is 130 cm³/mol. The molecule has 0 radical (unpaired) electrons. The van der Waals surface area contributed by atoms with Crippen LogP contribution in [0, 0.1) is 6.92 Å². The van der Waals surface area contributed by atoms with Crippen molar-refractivity contribution in [2.75, 3.05) is 19.5 Å². The van der Waals surface area contributed by atoms with Gasteiger partial charge in [0.2, 0.25) is 0 Å². The van der Waals surface area contributed by atoms with Gasteiger partial charge in [-0.25, -0.2) is 4.79 Å². The molecule has 2 aromatic carbocycles. The van der Waals surface area contributed by atoms with Crippen molar-refractivity contribution in [1.29, 1.82) is 0 Å². The summed E-state index contributed by atoms with van der Waals surface area (Å²) in [7, 11) is 4.56. The molecule has 0 aliphatic heterocycles. The van der Waals surface area contributed by atoms with Crippen LogP contribution < -0.4 is 25.7 Å². The second kappa shape index (κ2) is 10.6. The Kier molecular flexibility index (Phi) is 7.65. The van der Waals surface area contributed by atoms with E-state index in [4.69, 9.17) is 9.47 Å². The minimum atomic E-state index is -1.14. The van der Waals surface area contributed by atoms with Gasteiger partial charge in [-0.2, -0.15) is 0 Å². The number of anilines is 1. The van der Waals surface area contributed by atoms with Gasteiger partial charge in [0.1, 0.15) is 17.2 Å². The van der Waals surface area contributed by atoms with Crippen molar-refractivity contribution in [2.45, 2.75) is 19.4 Å². The molecule has 1 unspecified atom stereocenters. The number of carboxylic acids is 1. The molecule has 0 aliphatic carbocycles. The van der Waals surface area contributed by atoms with Gasteiger partial charge < -0.3 is 34.9 Å². The predicted octanol–water partition coefficient (Wildman–Crippen LogP) is 3.42. The third kappa shape index (κ3) is 5.72. The maximum atomic E-state index is 12.8. The average Bonchev–Trinajstić information content (AvgIpc) is 2.84. The first kappa shape index (κ1) is 25.2. The van der Waals surface area contributed by atoms with E-state index in [0.29, 0.717) is 28.2 Å². The Bertz CT molecular complexity index is 1320. The van der Waals surface area contributed by atoms with Gasteiger partial charge in [-0.05, 0) is 42.3 Å². The minimum Gasteiger partial charge on any atom is -0.505 e. The topological polar surface area (TPSA) is 139 Å². The Morgan fingerprint density at radius 1 is 1.11 bits per heavy atom. The number of aromatic nitrogens is 1. The molecular formula is C25H27N3O7. The Labute approximate surface area is 201 Å². The summed E-state index contributed by atoms with van der Waals surface area (Å²) in [5.74, 6) is -0.311. The second-order valence-corrected chi connectivity index (χ2v) is 7.89. The first-order valence-electron chi connectivity index (χ1n) is 10.7. The molecule has 184 valence electrons. The van der Waals surface area contributed by atoms with Crippen molar-refractivity contribution in [3.8, 4) is 28.4 Å². The van der Waals surface area contributed by atoms with Crippen LogP contribution in [-0.4, -0.2) is 41.0 Å². The van der Waals surface area contributed by atoms with Crippen LogP contribution >= 0.6 is 0 Å². The number of methoxy groups -OCH3 is 2. The fraction of sp³-hybridized carbons (Fsp3) is 0.240. The highest BCUT2D eigenvalue weighted by Crippen LogP contribution is 2.35. The van der Waals surface area contributed by atoms with Gasteiger partial charge >= 0.3 is 12.0 Å². The standard InChI is InChI=1S/C25H27N3O7/c1-14-13-28(2)24(32)22(23(14)31)27-25(33)26-19(12-21(29)30)16-8-9-20(35-4)18(11-16)15-6-5-7-17(10-15)34-3/h5-11,13,19,31H,12H2,1-4H3,(H,29,30)(H2,26,27,33). The Hall–Kier alpha value is -4.47. The number of hydrogen-bond donors (Lipinski definition) is 4. The third-order valence-corrected chi connectivity index (χ3v) is 5.46. The number of carbonyl (C=O) groups is 2. The zero-order chi connectivity index (χ0) is 25.7. The molecule has 1 atom stereocenters. The number of rotatable bonds is 8. The lowest BCUT2D eigenvalue weighted by molar-refractivity contribution is -0.137. The van der Waals surface area contributed by atoms with E-state index in [-0.39, 0.29) is 11.4 Å². The number of aromatic hydroxyl groups is 1. The number of hydrogen-bond acceptors (Lipinski definition) is 6. The largest absolute Gasteiger partial charge is 0.505 e. The molecule has 0 saturated heterocycles. The van der Waals surface area contributed by atoms with Gasteiger partial charge in [0.05, 0.1) is 26.7 Å². The number of benzene rings is 2. The average molecular weight is 482 g/mol. The number of aryl methyl sites for hydroxylation is 2. The Balaban J connectivity index is 1.96. The first-order chi connectivity index (χ1) is 16.6. The van der Waals surface area contributed by atoms with Gasteiger partial charge in [-0.1, -0.05) is 18.2 Å². The summed E-state index contributed by atoms with van der Waals surface area (Å²) < 4.78 is 12.0. The van der Waals surface area contributed by atoms with Crippen molar-refractivity contribution in [3.05, 3.63) is 70.1 Å². The first-order valence-corrected chi connectivity index (χ1v) is 10.7. The number of nitrogens with one attached hydrogen (secondary N) is 2. The molecule has 4 N–H and O–H groups in total. The third-order valence-electron chi connectivity index (χ3n) is 5.46. The molecule has 1 heterocycles. The molecule has 35 heavy (non-hydrogen) atoms. The summed E-state index contributed by atoms with van der Waals surface area (Å²) in [6.07, 6.45) is 1.01. The minimum absolute atomic E-state index is 0.300. The number of aliphatic carboxylic acids is 1. The molecule has 10 heteroatoms. The summed E-state index contributed by atoms with van der Waals surface area (Å²) in [6, 6.07) is 10.5. The zero-order valence-corrected chi connectivity index (χ0v) is 19.8. The maximum Gasteiger partial charge on any atom is 0.319 e. The van der Waals surface area contributed by atoms with E-state index >= 15 is 0 Å². The van der Waals surface area contributed by atoms with Crippen molar-refractivity contribution >= 4 is 17.7 Å². The molecule has 0 saturated carbocycles. The van der Waals surface area contributed by atoms with Crippen LogP contribution in [0.4, 0.5) is 10.5 Å². The lowest BCUT2D eigenvalue weighted by Crippen LogP contribution is -2.36. The molecule has 0 bridgehead atoms. The summed E-state index contributed by atoms with van der Waals surface area (Å²) in [5, 5.41) is 24.6. The van der Waals surface area contributed by atoms with Gasteiger partial charge in [0, 0.05) is 24.4 Å². The molecular weight excluding hydrogens is 454 g/mol. The lowest BCUT2D eigenvalue weighted by Gasteiger charge is -2.20. The zero-order valence-electron chi connectivity index (χ0n) is 19.8. The summed E-state index contributed by atoms with van der Waals surface area (Å²) in [6.45, 7) is 1.59. The maximum absolute atomic E-state index is 12.8. The van der Waals surface area contributed by atoms with Crippen LogP contribution in [0.3, 0.4) is 0 Å².